The summed E-state index contributed by atoms with van der Waals surface area (Å²) in [5.41, 5.74) is 0.292. The minimum absolute atomic E-state index is 0. The van der Waals surface area contributed by atoms with Crippen LogP contribution < -0.4 is 12.4 Å². The predicted octanol–water partition coefficient (Wildman–Crippen LogP) is -1.03. The maximum atomic E-state index is 10.8. The van der Waals surface area contributed by atoms with Crippen molar-refractivity contribution >= 4 is 5.97 Å². The lowest BCUT2D eigenvalue weighted by Gasteiger charge is -2.25. The molecule has 1 N–H and O–H groups in total. The van der Waals surface area contributed by atoms with Crippen LogP contribution in [0.3, 0.4) is 0 Å². The minimum Gasteiger partial charge on any atom is -1.00 e. The third-order valence-corrected chi connectivity index (χ3v) is 2.79. The Hall–Kier alpha value is -1.00. The quantitative estimate of drug-likeness (QED) is 0.739. The molecule has 1 aliphatic rings. The van der Waals surface area contributed by atoms with Gasteiger partial charge in [0, 0.05) is 0 Å². The first-order valence-corrected chi connectivity index (χ1v) is 5.29. The topological polar surface area (TPSA) is 53.7 Å². The molecule has 1 saturated heterocycles. The summed E-state index contributed by atoms with van der Waals surface area (Å²) < 4.78 is 5.21. The number of carbonyl (C=O) groups is 1. The molecular formula is C11H15ClNO3-. The zero-order chi connectivity index (χ0) is 10.7. The number of piperidine rings is 1. The molecule has 0 bridgehead atoms. The molecule has 0 amide bonds. The fourth-order valence-corrected chi connectivity index (χ4v) is 1.97. The van der Waals surface area contributed by atoms with Crippen LogP contribution in [0, 0.1) is 0 Å². The van der Waals surface area contributed by atoms with E-state index in [4.69, 9.17) is 9.52 Å². The summed E-state index contributed by atoms with van der Waals surface area (Å²) in [5, 5.41) is 8.91. The molecule has 1 aromatic rings. The third kappa shape index (κ3) is 3.00. The van der Waals surface area contributed by atoms with Gasteiger partial charge in [-0.1, -0.05) is 6.42 Å². The van der Waals surface area contributed by atoms with Crippen molar-refractivity contribution in [2.24, 2.45) is 0 Å². The lowest BCUT2D eigenvalue weighted by atomic mass is 10.1. The molecule has 2 heterocycles. The molecule has 16 heavy (non-hydrogen) atoms. The lowest BCUT2D eigenvalue weighted by molar-refractivity contribution is -0.0000198. The van der Waals surface area contributed by atoms with Crippen molar-refractivity contribution in [3.8, 4) is 0 Å². The van der Waals surface area contributed by atoms with E-state index in [-0.39, 0.29) is 12.4 Å². The van der Waals surface area contributed by atoms with Crippen molar-refractivity contribution < 1.29 is 26.7 Å². The molecule has 90 valence electrons. The SMILES string of the molecule is O=C(O)c1ccoc1CN1CCCCC1.[Cl-]. The second kappa shape index (κ2) is 5.92. The Labute approximate surface area is 101 Å². The van der Waals surface area contributed by atoms with Crippen LogP contribution in [-0.2, 0) is 6.54 Å². The third-order valence-electron chi connectivity index (χ3n) is 2.79. The number of furan rings is 1. The number of aromatic carboxylic acids is 1. The molecular weight excluding hydrogens is 230 g/mol. The number of carboxylic acids is 1. The van der Waals surface area contributed by atoms with Crippen LogP contribution in [0.5, 0.6) is 0 Å². The normalized spacial score (nSPS) is 16.8. The van der Waals surface area contributed by atoms with Gasteiger partial charge in [-0.3, -0.25) is 4.90 Å². The molecule has 5 heteroatoms. The highest BCUT2D eigenvalue weighted by atomic mass is 35.5. The van der Waals surface area contributed by atoms with Gasteiger partial charge in [0.1, 0.15) is 11.3 Å². The number of likely N-dealkylation sites (tertiary alicyclic amines) is 1. The van der Waals surface area contributed by atoms with Crippen LogP contribution in [0.2, 0.25) is 0 Å². The second-order valence-corrected chi connectivity index (χ2v) is 3.90. The molecule has 1 fully saturated rings. The summed E-state index contributed by atoms with van der Waals surface area (Å²) in [6.07, 6.45) is 5.12. The molecule has 2 rings (SSSR count). The highest BCUT2D eigenvalue weighted by molar-refractivity contribution is 5.88. The number of rotatable bonds is 3. The standard InChI is InChI=1S/C11H15NO3.ClH/c13-11(14)9-4-7-15-10(9)8-12-5-2-1-3-6-12;/h4,7H,1-3,5-6,8H2,(H,13,14);1H/p-1. The predicted molar refractivity (Wildman–Crippen MR) is 54.8 cm³/mol. The Kier molecular flexibility index (Phi) is 4.83. The van der Waals surface area contributed by atoms with Gasteiger partial charge < -0.3 is 21.9 Å². The summed E-state index contributed by atoms with van der Waals surface area (Å²) in [5.74, 6) is -0.333. The first-order chi connectivity index (χ1) is 7.27. The largest absolute Gasteiger partial charge is 1.00 e. The molecule has 0 spiro atoms. The molecule has 0 aliphatic carbocycles. The average molecular weight is 245 g/mol. The number of hydrogen-bond acceptors (Lipinski definition) is 3. The first-order valence-electron chi connectivity index (χ1n) is 5.29. The number of nitrogens with zero attached hydrogens (tertiary/aromatic N) is 1. The van der Waals surface area contributed by atoms with Gasteiger partial charge in [0.2, 0.25) is 0 Å². The number of halogens is 1. The molecule has 4 nitrogen and oxygen atoms in total. The van der Waals surface area contributed by atoms with E-state index in [9.17, 15) is 4.79 Å². The molecule has 1 aromatic heterocycles. The minimum atomic E-state index is -0.907. The lowest BCUT2D eigenvalue weighted by Crippen LogP contribution is -3.00. The van der Waals surface area contributed by atoms with E-state index in [1.807, 2.05) is 0 Å². The summed E-state index contributed by atoms with van der Waals surface area (Å²) in [4.78, 5) is 13.1. The van der Waals surface area contributed by atoms with Gasteiger partial charge in [0.25, 0.3) is 0 Å². The molecule has 0 atom stereocenters. The van der Waals surface area contributed by atoms with Crippen molar-refractivity contribution in [1.82, 2.24) is 4.90 Å². The molecule has 0 saturated carbocycles. The van der Waals surface area contributed by atoms with Gasteiger partial charge in [0.05, 0.1) is 12.8 Å². The maximum absolute atomic E-state index is 10.8. The van der Waals surface area contributed by atoms with Crippen LogP contribution >= 0.6 is 0 Å². The zero-order valence-corrected chi connectivity index (χ0v) is 9.74. The van der Waals surface area contributed by atoms with Crippen molar-refractivity contribution in [1.29, 1.82) is 0 Å². The van der Waals surface area contributed by atoms with Crippen LogP contribution in [0.1, 0.15) is 35.4 Å². The van der Waals surface area contributed by atoms with Gasteiger partial charge in [-0.25, -0.2) is 4.79 Å². The van der Waals surface area contributed by atoms with Gasteiger partial charge in [-0.2, -0.15) is 0 Å². The summed E-state index contributed by atoms with van der Waals surface area (Å²) >= 11 is 0. The Balaban J connectivity index is 0.00000128. The van der Waals surface area contributed by atoms with Crippen LogP contribution in [0.4, 0.5) is 0 Å². The van der Waals surface area contributed by atoms with Crippen molar-refractivity contribution in [3.05, 3.63) is 23.7 Å². The van der Waals surface area contributed by atoms with Gasteiger partial charge in [0.15, 0.2) is 0 Å². The Morgan fingerprint density at radius 2 is 2.06 bits per heavy atom. The monoisotopic (exact) mass is 244 g/mol. The Bertz CT molecular complexity index is 345. The fourth-order valence-electron chi connectivity index (χ4n) is 1.97. The number of hydrogen-bond donors (Lipinski definition) is 1. The fraction of sp³-hybridized carbons (Fsp3) is 0.545. The smallest absolute Gasteiger partial charge is 0.339 e. The van der Waals surface area contributed by atoms with Crippen LogP contribution in [0.25, 0.3) is 0 Å². The average Bonchev–Trinajstić information content (AvgIpc) is 2.67. The van der Waals surface area contributed by atoms with Crippen LogP contribution in [-0.4, -0.2) is 29.1 Å². The Morgan fingerprint density at radius 1 is 1.38 bits per heavy atom. The van der Waals surface area contributed by atoms with Crippen LogP contribution in [0.15, 0.2) is 16.7 Å². The highest BCUT2D eigenvalue weighted by Gasteiger charge is 2.17. The van der Waals surface area contributed by atoms with E-state index in [1.54, 1.807) is 0 Å². The van der Waals surface area contributed by atoms with E-state index in [0.29, 0.717) is 17.9 Å². The highest BCUT2D eigenvalue weighted by Crippen LogP contribution is 2.16. The molecule has 0 aromatic carbocycles. The van der Waals surface area contributed by atoms with Crippen molar-refractivity contribution in [3.63, 3.8) is 0 Å². The van der Waals surface area contributed by atoms with Crippen molar-refractivity contribution in [2.45, 2.75) is 25.8 Å². The van der Waals surface area contributed by atoms with Gasteiger partial charge in [-0.15, -0.1) is 0 Å². The second-order valence-electron chi connectivity index (χ2n) is 3.90. The first kappa shape index (κ1) is 13.1. The van der Waals surface area contributed by atoms with Gasteiger partial charge in [-0.05, 0) is 32.0 Å². The summed E-state index contributed by atoms with van der Waals surface area (Å²) in [6.45, 7) is 2.70. The van der Waals surface area contributed by atoms with E-state index in [1.165, 1.54) is 31.6 Å². The maximum Gasteiger partial charge on any atom is 0.339 e. The molecule has 0 radical (unpaired) electrons. The summed E-state index contributed by atoms with van der Waals surface area (Å²) in [7, 11) is 0. The summed E-state index contributed by atoms with van der Waals surface area (Å²) in [6, 6.07) is 1.52. The van der Waals surface area contributed by atoms with E-state index < -0.39 is 5.97 Å². The zero-order valence-electron chi connectivity index (χ0n) is 8.99. The van der Waals surface area contributed by atoms with E-state index >= 15 is 0 Å². The van der Waals surface area contributed by atoms with Gasteiger partial charge >= 0.3 is 5.97 Å². The Morgan fingerprint density at radius 3 is 2.69 bits per heavy atom. The van der Waals surface area contributed by atoms with Crippen molar-refractivity contribution in [2.75, 3.05) is 13.1 Å². The van der Waals surface area contributed by atoms with E-state index in [0.717, 1.165) is 13.1 Å². The van der Waals surface area contributed by atoms with E-state index in [2.05, 4.69) is 4.90 Å². The molecule has 1 aliphatic heterocycles. The number of carboxylic acid groups (broad SMARTS) is 1. The molecule has 0 unspecified atom stereocenters.